The van der Waals surface area contributed by atoms with Crippen LogP contribution in [0, 0.1) is 40.4 Å². The Labute approximate surface area is 153 Å². The van der Waals surface area contributed by atoms with Gasteiger partial charge in [0.2, 0.25) is 0 Å². The lowest BCUT2D eigenvalue weighted by Gasteiger charge is -2.60. The Morgan fingerprint density at radius 2 is 1.80 bits per heavy atom. The van der Waals surface area contributed by atoms with Crippen molar-refractivity contribution in [3.63, 3.8) is 0 Å². The maximum Gasteiger partial charge on any atom is 0.302 e. The van der Waals surface area contributed by atoms with Gasteiger partial charge in [-0.3, -0.25) is 4.79 Å². The zero-order valence-corrected chi connectivity index (χ0v) is 16.6. The van der Waals surface area contributed by atoms with E-state index in [1.54, 1.807) is 6.92 Å². The largest absolute Gasteiger partial charge is 0.463 e. The lowest BCUT2D eigenvalue weighted by atomic mass is 9.45. The van der Waals surface area contributed by atoms with Gasteiger partial charge in [-0.2, -0.15) is 0 Å². The van der Waals surface area contributed by atoms with Crippen LogP contribution in [-0.4, -0.2) is 12.1 Å². The number of allylic oxidation sites excluding steroid dienone is 2. The molecule has 25 heavy (non-hydrogen) atoms. The molecule has 0 saturated heterocycles. The van der Waals surface area contributed by atoms with Crippen molar-refractivity contribution in [2.24, 2.45) is 40.4 Å². The molecule has 4 aliphatic carbocycles. The van der Waals surface area contributed by atoms with Crippen LogP contribution in [0.3, 0.4) is 0 Å². The third-order valence-corrected chi connectivity index (χ3v) is 9.20. The molecule has 4 aliphatic rings. The van der Waals surface area contributed by atoms with Crippen molar-refractivity contribution >= 4 is 5.97 Å². The summed E-state index contributed by atoms with van der Waals surface area (Å²) in [6.45, 7) is 8.83. The standard InChI is InChI=1S/C23H36O2/c1-15(25-16(2)24)19-10-11-20-18-9-8-17-7-5-6-13-22(17,3)21(18)12-14-23(19,20)4/h5-6,15,17-21H,7-14H2,1-4H3. The molecule has 0 N–H and O–H groups in total. The van der Waals surface area contributed by atoms with E-state index in [1.165, 1.54) is 51.4 Å². The summed E-state index contributed by atoms with van der Waals surface area (Å²) in [5.74, 6) is 4.02. The van der Waals surface area contributed by atoms with Crippen molar-refractivity contribution in [3.05, 3.63) is 12.2 Å². The SMILES string of the molecule is CC(=O)OC(C)C1CCC2C3CCC4CC=CCC4(C)C3CCC12C. The summed E-state index contributed by atoms with van der Waals surface area (Å²) in [5.41, 5.74) is 0.919. The van der Waals surface area contributed by atoms with E-state index in [0.717, 1.165) is 23.7 Å². The molecule has 0 aliphatic heterocycles. The van der Waals surface area contributed by atoms with Crippen LogP contribution in [0.2, 0.25) is 0 Å². The molecule has 140 valence electrons. The van der Waals surface area contributed by atoms with E-state index < -0.39 is 0 Å². The maximum atomic E-state index is 11.5. The van der Waals surface area contributed by atoms with Gasteiger partial charge in [0.25, 0.3) is 0 Å². The topological polar surface area (TPSA) is 26.3 Å². The molecular formula is C23H36O2. The minimum atomic E-state index is -0.116. The molecule has 0 aromatic heterocycles. The minimum Gasteiger partial charge on any atom is -0.463 e. The number of carbonyl (C=O) groups excluding carboxylic acids is 1. The highest BCUT2D eigenvalue weighted by molar-refractivity contribution is 5.66. The monoisotopic (exact) mass is 344 g/mol. The van der Waals surface area contributed by atoms with Gasteiger partial charge < -0.3 is 4.74 Å². The van der Waals surface area contributed by atoms with Gasteiger partial charge in [-0.1, -0.05) is 26.0 Å². The third-order valence-electron chi connectivity index (χ3n) is 9.20. The van der Waals surface area contributed by atoms with Crippen LogP contribution in [0.25, 0.3) is 0 Å². The lowest BCUT2D eigenvalue weighted by Crippen LogP contribution is -2.53. The molecule has 0 heterocycles. The summed E-state index contributed by atoms with van der Waals surface area (Å²) in [6.07, 6.45) is 15.8. The second-order valence-corrected chi connectivity index (χ2v) is 10.1. The fraction of sp³-hybridized carbons (Fsp3) is 0.870. The second kappa shape index (κ2) is 6.13. The van der Waals surface area contributed by atoms with Crippen molar-refractivity contribution in [2.75, 3.05) is 0 Å². The van der Waals surface area contributed by atoms with Gasteiger partial charge >= 0.3 is 5.97 Å². The summed E-state index contributed by atoms with van der Waals surface area (Å²) in [6, 6.07) is 0. The van der Waals surface area contributed by atoms with Gasteiger partial charge in [-0.05, 0) is 92.8 Å². The first-order valence-corrected chi connectivity index (χ1v) is 10.7. The summed E-state index contributed by atoms with van der Waals surface area (Å²) in [5, 5.41) is 0. The van der Waals surface area contributed by atoms with Gasteiger partial charge in [0.1, 0.15) is 6.10 Å². The number of carbonyl (C=O) groups is 1. The minimum absolute atomic E-state index is 0.0774. The average Bonchev–Trinajstić information content (AvgIpc) is 2.91. The molecule has 3 saturated carbocycles. The van der Waals surface area contributed by atoms with Crippen LogP contribution >= 0.6 is 0 Å². The molecule has 0 bridgehead atoms. The molecule has 4 rings (SSSR count). The first-order chi connectivity index (χ1) is 11.9. The highest BCUT2D eigenvalue weighted by Gasteiger charge is 2.60. The van der Waals surface area contributed by atoms with Crippen molar-refractivity contribution in [2.45, 2.75) is 85.2 Å². The Morgan fingerprint density at radius 3 is 2.56 bits per heavy atom. The summed E-state index contributed by atoms with van der Waals surface area (Å²) < 4.78 is 5.64. The van der Waals surface area contributed by atoms with E-state index >= 15 is 0 Å². The van der Waals surface area contributed by atoms with Crippen molar-refractivity contribution in [3.8, 4) is 0 Å². The van der Waals surface area contributed by atoms with Crippen molar-refractivity contribution in [1.29, 1.82) is 0 Å². The molecule has 0 amide bonds. The summed E-state index contributed by atoms with van der Waals surface area (Å²) >= 11 is 0. The van der Waals surface area contributed by atoms with Crippen molar-refractivity contribution < 1.29 is 9.53 Å². The van der Waals surface area contributed by atoms with E-state index in [0.29, 0.717) is 16.7 Å². The molecular weight excluding hydrogens is 308 g/mol. The van der Waals surface area contributed by atoms with Gasteiger partial charge in [-0.15, -0.1) is 0 Å². The maximum absolute atomic E-state index is 11.5. The average molecular weight is 345 g/mol. The van der Waals surface area contributed by atoms with Gasteiger partial charge in [0.05, 0.1) is 0 Å². The lowest BCUT2D eigenvalue weighted by molar-refractivity contribution is -0.153. The van der Waals surface area contributed by atoms with Gasteiger partial charge in [0, 0.05) is 12.8 Å². The first-order valence-electron chi connectivity index (χ1n) is 10.7. The zero-order valence-electron chi connectivity index (χ0n) is 16.6. The fourth-order valence-electron chi connectivity index (χ4n) is 7.99. The highest BCUT2D eigenvalue weighted by Crippen LogP contribution is 2.67. The van der Waals surface area contributed by atoms with E-state index in [-0.39, 0.29) is 12.1 Å². The van der Waals surface area contributed by atoms with Crippen LogP contribution in [0.4, 0.5) is 0 Å². The van der Waals surface area contributed by atoms with Gasteiger partial charge in [0.15, 0.2) is 0 Å². The van der Waals surface area contributed by atoms with Crippen LogP contribution in [0.15, 0.2) is 12.2 Å². The first kappa shape index (κ1) is 17.6. The Balaban J connectivity index is 1.57. The molecule has 8 atom stereocenters. The predicted molar refractivity (Wildman–Crippen MR) is 101 cm³/mol. The molecule has 0 aromatic carbocycles. The smallest absolute Gasteiger partial charge is 0.302 e. The van der Waals surface area contributed by atoms with E-state index in [1.807, 2.05) is 0 Å². The highest BCUT2D eigenvalue weighted by atomic mass is 16.5. The molecule has 3 fully saturated rings. The molecule has 0 aromatic rings. The number of fused-ring (bicyclic) bond motifs is 5. The normalized spacial score (nSPS) is 49.7. The molecule has 0 radical (unpaired) electrons. The number of rotatable bonds is 2. The Morgan fingerprint density at radius 1 is 1.04 bits per heavy atom. The van der Waals surface area contributed by atoms with E-state index in [9.17, 15) is 4.79 Å². The van der Waals surface area contributed by atoms with Crippen LogP contribution in [-0.2, 0) is 9.53 Å². The number of hydrogen-bond donors (Lipinski definition) is 0. The Bertz CT molecular complexity index is 566. The van der Waals surface area contributed by atoms with Gasteiger partial charge in [-0.25, -0.2) is 0 Å². The predicted octanol–water partition coefficient (Wildman–Crippen LogP) is 5.76. The quantitative estimate of drug-likeness (QED) is 0.470. The number of hydrogen-bond acceptors (Lipinski definition) is 2. The van der Waals surface area contributed by atoms with E-state index in [2.05, 4.69) is 32.9 Å². The number of esters is 1. The van der Waals surface area contributed by atoms with Crippen molar-refractivity contribution in [1.82, 2.24) is 0 Å². The fourth-order valence-corrected chi connectivity index (χ4v) is 7.99. The Hall–Kier alpha value is -0.790. The van der Waals surface area contributed by atoms with Crippen LogP contribution in [0.5, 0.6) is 0 Å². The molecule has 2 heteroatoms. The summed E-state index contributed by atoms with van der Waals surface area (Å²) in [4.78, 5) is 11.5. The zero-order chi connectivity index (χ0) is 17.8. The number of ether oxygens (including phenoxy) is 1. The van der Waals surface area contributed by atoms with Crippen LogP contribution in [0.1, 0.15) is 79.1 Å². The summed E-state index contributed by atoms with van der Waals surface area (Å²) in [7, 11) is 0. The second-order valence-electron chi connectivity index (χ2n) is 10.1. The molecule has 8 unspecified atom stereocenters. The Kier molecular flexibility index (Phi) is 4.32. The van der Waals surface area contributed by atoms with Crippen LogP contribution < -0.4 is 0 Å². The third kappa shape index (κ3) is 2.61. The molecule has 0 spiro atoms. The molecule has 2 nitrogen and oxygen atoms in total. The van der Waals surface area contributed by atoms with E-state index in [4.69, 9.17) is 4.74 Å².